The molecule has 1 amide bonds. The molecule has 2 heterocycles. The Balaban J connectivity index is 1.47. The Morgan fingerprint density at radius 2 is 2.04 bits per heavy atom. The van der Waals surface area contributed by atoms with Gasteiger partial charge in [0.25, 0.3) is 5.91 Å². The van der Waals surface area contributed by atoms with E-state index in [1.165, 1.54) is 11.3 Å². The molecule has 1 N–H and O–H groups in total. The van der Waals surface area contributed by atoms with Crippen LogP contribution in [0.2, 0.25) is 0 Å². The zero-order valence-electron chi connectivity index (χ0n) is 13.0. The van der Waals surface area contributed by atoms with Crippen molar-refractivity contribution >= 4 is 38.3 Å². The first-order chi connectivity index (χ1) is 11.7. The van der Waals surface area contributed by atoms with Crippen LogP contribution in [0.25, 0.3) is 10.2 Å². The normalized spacial score (nSPS) is 16.7. The van der Waals surface area contributed by atoms with Gasteiger partial charge < -0.3 is 4.84 Å². The first-order valence-corrected chi connectivity index (χ1v) is 8.47. The number of nitrogens with one attached hydrogen (secondary N) is 1. The summed E-state index contributed by atoms with van der Waals surface area (Å²) in [4.78, 5) is 22.3. The van der Waals surface area contributed by atoms with Gasteiger partial charge in [-0.2, -0.15) is 0 Å². The summed E-state index contributed by atoms with van der Waals surface area (Å²) >= 11 is 1.46. The second kappa shape index (κ2) is 6.05. The van der Waals surface area contributed by atoms with Gasteiger partial charge in [0.2, 0.25) is 0 Å². The number of aryl methyl sites for hydroxylation is 1. The summed E-state index contributed by atoms with van der Waals surface area (Å²) in [7, 11) is 0. The van der Waals surface area contributed by atoms with Gasteiger partial charge in [-0.25, -0.2) is 4.98 Å². The number of fused-ring (bicyclic) bond motifs is 1. The topological polar surface area (TPSA) is 63.6 Å². The zero-order valence-corrected chi connectivity index (χ0v) is 13.8. The van der Waals surface area contributed by atoms with E-state index in [4.69, 9.17) is 4.84 Å². The third-order valence-electron chi connectivity index (χ3n) is 3.94. The van der Waals surface area contributed by atoms with Crippen LogP contribution in [0.15, 0.2) is 53.7 Å². The van der Waals surface area contributed by atoms with E-state index in [2.05, 4.69) is 15.5 Å². The molecule has 120 valence electrons. The average Bonchev–Trinajstić information content (AvgIpc) is 3.23. The van der Waals surface area contributed by atoms with Crippen LogP contribution in [-0.4, -0.2) is 16.6 Å². The summed E-state index contributed by atoms with van der Waals surface area (Å²) in [6.07, 6.45) is 0.254. The highest BCUT2D eigenvalue weighted by molar-refractivity contribution is 7.22. The third kappa shape index (κ3) is 2.76. The van der Waals surface area contributed by atoms with Gasteiger partial charge in [0.1, 0.15) is 5.71 Å². The van der Waals surface area contributed by atoms with Gasteiger partial charge in [-0.15, -0.1) is 0 Å². The number of para-hydroxylation sites is 1. The predicted octanol–water partition coefficient (Wildman–Crippen LogP) is 4.06. The lowest BCUT2D eigenvalue weighted by atomic mass is 10.0. The molecule has 0 saturated heterocycles. The van der Waals surface area contributed by atoms with Crippen LogP contribution in [-0.2, 0) is 9.63 Å². The third-order valence-corrected chi connectivity index (χ3v) is 4.88. The molecule has 0 radical (unpaired) electrons. The molecule has 0 saturated carbocycles. The second-order valence-electron chi connectivity index (χ2n) is 5.64. The molecular weight excluding hydrogens is 322 g/mol. The van der Waals surface area contributed by atoms with Crippen LogP contribution in [0.4, 0.5) is 5.13 Å². The summed E-state index contributed by atoms with van der Waals surface area (Å²) < 4.78 is 1.05. The molecule has 0 bridgehead atoms. The van der Waals surface area contributed by atoms with Gasteiger partial charge in [-0.05, 0) is 24.1 Å². The number of nitrogens with zero attached hydrogens (tertiary/aromatic N) is 2. The Hall–Kier alpha value is -2.73. The fourth-order valence-corrected chi connectivity index (χ4v) is 3.61. The Kier molecular flexibility index (Phi) is 3.74. The van der Waals surface area contributed by atoms with E-state index >= 15 is 0 Å². The van der Waals surface area contributed by atoms with Crippen molar-refractivity contribution in [2.24, 2.45) is 5.16 Å². The largest absolute Gasteiger partial charge is 0.387 e. The summed E-state index contributed by atoms with van der Waals surface area (Å²) in [5.41, 5.74) is 3.42. The molecule has 2 aromatic carbocycles. The number of carbonyl (C=O) groups is 1. The lowest BCUT2D eigenvalue weighted by Crippen LogP contribution is -2.21. The highest BCUT2D eigenvalue weighted by Crippen LogP contribution is 2.30. The van der Waals surface area contributed by atoms with E-state index in [1.807, 2.05) is 55.5 Å². The molecule has 1 aliphatic rings. The molecule has 1 unspecified atom stereocenters. The van der Waals surface area contributed by atoms with Gasteiger partial charge in [0, 0.05) is 6.42 Å². The molecule has 0 fully saturated rings. The van der Waals surface area contributed by atoms with Gasteiger partial charge >= 0.3 is 0 Å². The predicted molar refractivity (Wildman–Crippen MR) is 95.3 cm³/mol. The summed E-state index contributed by atoms with van der Waals surface area (Å²) in [5.74, 6) is -0.259. The van der Waals surface area contributed by atoms with Crippen molar-refractivity contribution in [2.45, 2.75) is 19.4 Å². The van der Waals surface area contributed by atoms with Crippen molar-refractivity contribution in [2.75, 3.05) is 5.32 Å². The lowest BCUT2D eigenvalue weighted by Gasteiger charge is -2.07. The molecule has 3 aromatic rings. The Morgan fingerprint density at radius 1 is 1.21 bits per heavy atom. The Bertz CT molecular complexity index is 934. The number of anilines is 1. The molecule has 4 rings (SSSR count). The number of benzene rings is 2. The fraction of sp³-hybridized carbons (Fsp3) is 0.167. The molecule has 1 aliphatic heterocycles. The van der Waals surface area contributed by atoms with Gasteiger partial charge in [0.15, 0.2) is 11.2 Å². The summed E-state index contributed by atoms with van der Waals surface area (Å²) in [6.45, 7) is 2.01. The number of rotatable bonds is 3. The highest BCUT2D eigenvalue weighted by atomic mass is 32.1. The fourth-order valence-electron chi connectivity index (χ4n) is 2.67. The zero-order chi connectivity index (χ0) is 16.5. The number of aromatic nitrogens is 1. The van der Waals surface area contributed by atoms with E-state index in [9.17, 15) is 4.79 Å². The molecular formula is C18H15N3O2S. The smallest absolute Gasteiger partial charge is 0.275 e. The van der Waals surface area contributed by atoms with E-state index in [0.717, 1.165) is 21.3 Å². The SMILES string of the molecule is Cc1cccc2sc(NC(=O)C3=NOC(c4ccccc4)C3)nc12. The van der Waals surface area contributed by atoms with E-state index in [0.29, 0.717) is 17.3 Å². The van der Waals surface area contributed by atoms with Crippen LogP contribution >= 0.6 is 11.3 Å². The molecule has 0 aliphatic carbocycles. The minimum atomic E-state index is -0.259. The van der Waals surface area contributed by atoms with Crippen LogP contribution in [0.5, 0.6) is 0 Å². The maximum absolute atomic E-state index is 12.4. The first kappa shape index (κ1) is 14.8. The van der Waals surface area contributed by atoms with Crippen LogP contribution < -0.4 is 5.32 Å². The van der Waals surface area contributed by atoms with Crippen LogP contribution in [0, 0.1) is 6.92 Å². The second-order valence-corrected chi connectivity index (χ2v) is 6.67. The standard InChI is InChI=1S/C18H15N3O2S/c1-11-6-5-9-15-16(11)19-18(24-15)20-17(22)13-10-14(23-21-13)12-7-3-2-4-8-12/h2-9,14H,10H2,1H3,(H,19,20,22). The molecule has 1 aromatic heterocycles. The minimum absolute atomic E-state index is 0.204. The lowest BCUT2D eigenvalue weighted by molar-refractivity contribution is -0.110. The van der Waals surface area contributed by atoms with E-state index < -0.39 is 0 Å². The van der Waals surface area contributed by atoms with Crippen molar-refractivity contribution in [1.29, 1.82) is 0 Å². The molecule has 6 heteroatoms. The number of amides is 1. The molecule has 5 nitrogen and oxygen atoms in total. The van der Waals surface area contributed by atoms with E-state index in [1.54, 1.807) is 0 Å². The number of hydrogen-bond acceptors (Lipinski definition) is 5. The highest BCUT2D eigenvalue weighted by Gasteiger charge is 2.27. The minimum Gasteiger partial charge on any atom is -0.387 e. The molecule has 24 heavy (non-hydrogen) atoms. The maximum atomic E-state index is 12.4. The van der Waals surface area contributed by atoms with Crippen LogP contribution in [0.1, 0.15) is 23.7 Å². The number of thiazole rings is 1. The molecule has 0 spiro atoms. The van der Waals surface area contributed by atoms with Gasteiger partial charge in [0.05, 0.1) is 10.2 Å². The Labute approximate surface area is 143 Å². The summed E-state index contributed by atoms with van der Waals surface area (Å²) in [5, 5.41) is 7.35. The maximum Gasteiger partial charge on any atom is 0.275 e. The van der Waals surface area contributed by atoms with Crippen molar-refractivity contribution in [3.63, 3.8) is 0 Å². The number of hydrogen-bond donors (Lipinski definition) is 1. The molecule has 1 atom stereocenters. The van der Waals surface area contributed by atoms with Gasteiger partial charge in [-0.1, -0.05) is 59.0 Å². The van der Waals surface area contributed by atoms with Crippen molar-refractivity contribution in [1.82, 2.24) is 4.98 Å². The van der Waals surface area contributed by atoms with Crippen molar-refractivity contribution in [3.8, 4) is 0 Å². The monoisotopic (exact) mass is 337 g/mol. The summed E-state index contributed by atoms with van der Waals surface area (Å²) in [6, 6.07) is 15.8. The van der Waals surface area contributed by atoms with Crippen molar-refractivity contribution < 1.29 is 9.63 Å². The first-order valence-electron chi connectivity index (χ1n) is 7.66. The van der Waals surface area contributed by atoms with Gasteiger partial charge in [-0.3, -0.25) is 10.1 Å². The Morgan fingerprint density at radius 3 is 2.83 bits per heavy atom. The van der Waals surface area contributed by atoms with Crippen molar-refractivity contribution in [3.05, 3.63) is 59.7 Å². The quantitative estimate of drug-likeness (QED) is 0.784. The average molecular weight is 337 g/mol. The number of oxime groups is 1. The van der Waals surface area contributed by atoms with Crippen LogP contribution in [0.3, 0.4) is 0 Å². The number of carbonyl (C=O) groups excluding carboxylic acids is 1. The van der Waals surface area contributed by atoms with E-state index in [-0.39, 0.29) is 12.0 Å².